The Bertz CT molecular complexity index is 1000. The molecule has 0 spiro atoms. The van der Waals surface area contributed by atoms with Crippen molar-refractivity contribution in [3.63, 3.8) is 0 Å². The van der Waals surface area contributed by atoms with E-state index >= 15 is 0 Å². The molecule has 0 N–H and O–H groups in total. The van der Waals surface area contributed by atoms with E-state index in [0.29, 0.717) is 24.1 Å². The molecule has 8 heteroatoms. The van der Waals surface area contributed by atoms with Crippen LogP contribution in [0.25, 0.3) is 0 Å². The summed E-state index contributed by atoms with van der Waals surface area (Å²) in [6, 6.07) is 17.6. The number of methoxy groups -OCH3 is 1. The molecule has 0 aliphatic carbocycles. The Labute approximate surface area is 172 Å². The van der Waals surface area contributed by atoms with Crippen LogP contribution in [0, 0.1) is 0 Å². The zero-order chi connectivity index (χ0) is 20.1. The molecule has 0 unspecified atom stereocenters. The molecule has 0 fully saturated rings. The van der Waals surface area contributed by atoms with Gasteiger partial charge in [-0.25, -0.2) is 5.01 Å². The largest absolute Gasteiger partial charge is 0.497 e. The van der Waals surface area contributed by atoms with Crippen LogP contribution in [0.4, 0.5) is 0 Å². The number of carbonyl (C=O) groups excluding carboxylic acids is 1. The quantitative estimate of drug-likeness (QED) is 0.558. The maximum atomic E-state index is 12.5. The summed E-state index contributed by atoms with van der Waals surface area (Å²) in [7, 11) is 1.63. The average molecular weight is 408 g/mol. The zero-order valence-corrected chi connectivity index (χ0v) is 16.8. The van der Waals surface area contributed by atoms with Gasteiger partial charge < -0.3 is 9.15 Å². The van der Waals surface area contributed by atoms with Crippen molar-refractivity contribution in [3.05, 3.63) is 71.6 Å². The molecule has 1 amide bonds. The predicted octanol–water partition coefficient (Wildman–Crippen LogP) is 3.40. The van der Waals surface area contributed by atoms with Crippen LogP contribution in [0.2, 0.25) is 0 Å². The number of hydrazone groups is 1. The Morgan fingerprint density at radius 2 is 1.93 bits per heavy atom. The lowest BCUT2D eigenvalue weighted by molar-refractivity contribution is -0.127. The van der Waals surface area contributed by atoms with Gasteiger partial charge in [0.25, 0.3) is 11.1 Å². The summed E-state index contributed by atoms with van der Waals surface area (Å²) in [6.07, 6.45) is 1.29. The monoisotopic (exact) mass is 408 g/mol. The zero-order valence-electron chi connectivity index (χ0n) is 15.9. The topological polar surface area (TPSA) is 80.8 Å². The molecule has 0 saturated heterocycles. The molecule has 0 atom stereocenters. The third-order valence-corrected chi connectivity index (χ3v) is 5.28. The third kappa shape index (κ3) is 4.83. The molecule has 3 aromatic rings. The van der Waals surface area contributed by atoms with Crippen molar-refractivity contribution in [1.29, 1.82) is 0 Å². The Kier molecular flexibility index (Phi) is 5.90. The van der Waals surface area contributed by atoms with Gasteiger partial charge in [-0.3, -0.25) is 4.79 Å². The van der Waals surface area contributed by atoms with Crippen molar-refractivity contribution < 1.29 is 13.9 Å². The number of rotatable bonds is 7. The number of hydrogen-bond donors (Lipinski definition) is 0. The molecule has 29 heavy (non-hydrogen) atoms. The van der Waals surface area contributed by atoms with Gasteiger partial charge in [-0.2, -0.15) is 5.10 Å². The lowest BCUT2D eigenvalue weighted by Gasteiger charge is -2.09. The minimum absolute atomic E-state index is 0.0733. The molecular weight excluding hydrogens is 388 g/mol. The Morgan fingerprint density at radius 3 is 2.69 bits per heavy atom. The SMILES string of the molecule is COc1ccc(Cc2nnc(SCC(=O)N3CCC(c4ccccc4)=N3)o2)cc1. The maximum absolute atomic E-state index is 12.5. The number of thioether (sulfide) groups is 1. The Hall–Kier alpha value is -3.13. The highest BCUT2D eigenvalue weighted by Crippen LogP contribution is 2.21. The van der Waals surface area contributed by atoms with Crippen molar-refractivity contribution in [3.8, 4) is 5.75 Å². The first-order chi connectivity index (χ1) is 14.2. The maximum Gasteiger partial charge on any atom is 0.277 e. The summed E-state index contributed by atoms with van der Waals surface area (Å²) in [4.78, 5) is 12.5. The molecule has 0 radical (unpaired) electrons. The number of amides is 1. The second kappa shape index (κ2) is 8.91. The van der Waals surface area contributed by atoms with Crippen LogP contribution in [-0.2, 0) is 11.2 Å². The van der Waals surface area contributed by atoms with Gasteiger partial charge in [0.1, 0.15) is 5.75 Å². The minimum atomic E-state index is -0.0733. The van der Waals surface area contributed by atoms with Gasteiger partial charge in [0.2, 0.25) is 5.89 Å². The van der Waals surface area contributed by atoms with Crippen molar-refractivity contribution in [2.24, 2.45) is 5.10 Å². The highest BCUT2D eigenvalue weighted by molar-refractivity contribution is 7.99. The number of nitrogens with zero attached hydrogens (tertiary/aromatic N) is 4. The van der Waals surface area contributed by atoms with Crippen molar-refractivity contribution in [1.82, 2.24) is 15.2 Å². The van der Waals surface area contributed by atoms with E-state index in [0.717, 1.165) is 29.0 Å². The lowest BCUT2D eigenvalue weighted by atomic mass is 10.1. The van der Waals surface area contributed by atoms with E-state index in [1.165, 1.54) is 16.8 Å². The molecule has 1 aliphatic rings. The molecule has 4 rings (SSSR count). The highest BCUT2D eigenvalue weighted by atomic mass is 32.2. The molecule has 2 aromatic carbocycles. The van der Waals surface area contributed by atoms with E-state index in [2.05, 4.69) is 15.3 Å². The first kappa shape index (κ1) is 19.2. The summed E-state index contributed by atoms with van der Waals surface area (Å²) in [5, 5.41) is 14.4. The first-order valence-corrected chi connectivity index (χ1v) is 10.2. The van der Waals surface area contributed by atoms with Gasteiger partial charge in [0.05, 0.1) is 31.5 Å². The van der Waals surface area contributed by atoms with Gasteiger partial charge in [0.15, 0.2) is 0 Å². The van der Waals surface area contributed by atoms with Crippen LogP contribution in [0.3, 0.4) is 0 Å². The molecule has 7 nitrogen and oxygen atoms in total. The van der Waals surface area contributed by atoms with Gasteiger partial charge in [-0.15, -0.1) is 10.2 Å². The average Bonchev–Trinajstić information content (AvgIpc) is 3.43. The van der Waals surface area contributed by atoms with Crippen LogP contribution in [0.15, 0.2) is 69.3 Å². The van der Waals surface area contributed by atoms with Crippen LogP contribution < -0.4 is 4.74 Å². The predicted molar refractivity (Wildman–Crippen MR) is 110 cm³/mol. The van der Waals surface area contributed by atoms with E-state index in [4.69, 9.17) is 9.15 Å². The normalized spacial score (nSPS) is 13.4. The van der Waals surface area contributed by atoms with Crippen LogP contribution in [0.1, 0.15) is 23.4 Å². The fourth-order valence-corrected chi connectivity index (χ4v) is 3.60. The summed E-state index contributed by atoms with van der Waals surface area (Å²) >= 11 is 1.23. The number of benzene rings is 2. The second-order valence-corrected chi connectivity index (χ2v) is 7.38. The molecule has 1 aliphatic heterocycles. The number of ether oxygens (including phenoxy) is 1. The summed E-state index contributed by atoms with van der Waals surface area (Å²) in [5.74, 6) is 1.44. The van der Waals surface area contributed by atoms with Crippen molar-refractivity contribution in [2.75, 3.05) is 19.4 Å². The van der Waals surface area contributed by atoms with Gasteiger partial charge in [-0.1, -0.05) is 54.2 Å². The fraction of sp³-hybridized carbons (Fsp3) is 0.238. The van der Waals surface area contributed by atoms with E-state index in [1.807, 2.05) is 54.6 Å². The fourth-order valence-electron chi connectivity index (χ4n) is 2.95. The van der Waals surface area contributed by atoms with Gasteiger partial charge in [-0.05, 0) is 23.3 Å². The molecule has 0 bridgehead atoms. The molecule has 2 heterocycles. The van der Waals surface area contributed by atoms with Gasteiger partial charge in [0, 0.05) is 6.42 Å². The summed E-state index contributed by atoms with van der Waals surface area (Å²) in [5.41, 5.74) is 3.03. The summed E-state index contributed by atoms with van der Waals surface area (Å²) < 4.78 is 10.8. The Balaban J connectivity index is 1.30. The number of carbonyl (C=O) groups is 1. The minimum Gasteiger partial charge on any atom is -0.497 e. The summed E-state index contributed by atoms with van der Waals surface area (Å²) in [6.45, 7) is 0.593. The van der Waals surface area contributed by atoms with E-state index < -0.39 is 0 Å². The standard InChI is InChI=1S/C21H20N4O3S/c1-27-17-9-7-15(8-10-17)13-19-22-23-21(28-19)29-14-20(26)25-12-11-18(24-25)16-5-3-2-4-6-16/h2-10H,11-14H2,1H3. The van der Waals surface area contributed by atoms with Crippen LogP contribution >= 0.6 is 11.8 Å². The smallest absolute Gasteiger partial charge is 0.277 e. The van der Waals surface area contributed by atoms with Crippen LogP contribution in [-0.4, -0.2) is 46.2 Å². The number of hydrogen-bond acceptors (Lipinski definition) is 7. The molecular formula is C21H20N4O3S. The highest BCUT2D eigenvalue weighted by Gasteiger charge is 2.22. The van der Waals surface area contributed by atoms with Gasteiger partial charge >= 0.3 is 0 Å². The third-order valence-electron chi connectivity index (χ3n) is 4.48. The lowest BCUT2D eigenvalue weighted by Crippen LogP contribution is -2.25. The van der Waals surface area contributed by atoms with Crippen molar-refractivity contribution >= 4 is 23.4 Å². The van der Waals surface area contributed by atoms with Crippen LogP contribution in [0.5, 0.6) is 5.75 Å². The molecule has 0 saturated carbocycles. The molecule has 148 valence electrons. The number of aromatic nitrogens is 2. The first-order valence-electron chi connectivity index (χ1n) is 9.22. The molecule has 1 aromatic heterocycles. The second-order valence-electron chi connectivity index (χ2n) is 6.45. The van der Waals surface area contributed by atoms with E-state index in [9.17, 15) is 4.79 Å². The Morgan fingerprint density at radius 1 is 1.14 bits per heavy atom. The van der Waals surface area contributed by atoms with Crippen molar-refractivity contribution in [2.45, 2.75) is 18.1 Å². The van der Waals surface area contributed by atoms with E-state index in [1.54, 1.807) is 7.11 Å². The van der Waals surface area contributed by atoms with E-state index in [-0.39, 0.29) is 11.7 Å².